The highest BCUT2D eigenvalue weighted by Gasteiger charge is 2.28. The van der Waals surface area contributed by atoms with Crippen molar-refractivity contribution in [3.63, 3.8) is 0 Å². The van der Waals surface area contributed by atoms with Crippen LogP contribution in [0.4, 0.5) is 4.39 Å². The summed E-state index contributed by atoms with van der Waals surface area (Å²) in [6, 6.07) is 6.21. The van der Waals surface area contributed by atoms with Crippen molar-refractivity contribution in [2.45, 2.75) is 31.7 Å². The molecule has 1 aromatic rings. The number of nitrogens with one attached hydrogen (secondary N) is 1. The van der Waals surface area contributed by atoms with Gasteiger partial charge >= 0.3 is 0 Å². The summed E-state index contributed by atoms with van der Waals surface area (Å²) >= 11 is 0. The quantitative estimate of drug-likeness (QED) is 0.826. The van der Waals surface area contributed by atoms with Crippen molar-refractivity contribution in [1.29, 1.82) is 0 Å². The first-order valence-electron chi connectivity index (χ1n) is 6.94. The van der Waals surface area contributed by atoms with Crippen molar-refractivity contribution >= 4 is 5.91 Å². The predicted octanol–water partition coefficient (Wildman–Crippen LogP) is 1.81. The van der Waals surface area contributed by atoms with Crippen LogP contribution in [0.1, 0.15) is 31.2 Å². The van der Waals surface area contributed by atoms with Gasteiger partial charge in [0.2, 0.25) is 5.91 Å². The SMILES string of the molecule is NC(=O)[C@H]1CCCC[C@@H]1NCC#Cc1ccc(F)cc1. The third-order valence-corrected chi connectivity index (χ3v) is 3.66. The lowest BCUT2D eigenvalue weighted by Gasteiger charge is -2.29. The Hall–Kier alpha value is -1.86. The van der Waals surface area contributed by atoms with E-state index in [1.807, 2.05) is 0 Å². The number of primary amides is 1. The van der Waals surface area contributed by atoms with Gasteiger partial charge in [0.25, 0.3) is 0 Å². The normalized spacial score (nSPS) is 21.9. The summed E-state index contributed by atoms with van der Waals surface area (Å²) in [5, 5.41) is 3.29. The molecular weight excluding hydrogens is 255 g/mol. The molecule has 1 amide bonds. The fourth-order valence-corrected chi connectivity index (χ4v) is 2.58. The highest BCUT2D eigenvalue weighted by atomic mass is 19.1. The van der Waals surface area contributed by atoms with Crippen LogP contribution in [-0.4, -0.2) is 18.5 Å². The second kappa shape index (κ2) is 7.06. The monoisotopic (exact) mass is 274 g/mol. The third kappa shape index (κ3) is 4.07. The molecule has 2 rings (SSSR count). The number of rotatable bonds is 3. The zero-order valence-electron chi connectivity index (χ0n) is 11.4. The standard InChI is InChI=1S/C16H19FN2O/c17-13-9-7-12(8-10-13)4-3-11-19-15-6-2-1-5-14(15)16(18)20/h7-10,14-15,19H,1-2,5-6,11H2,(H2,18,20)/t14-,15-/m0/s1. The van der Waals surface area contributed by atoms with Gasteiger partial charge in [0.05, 0.1) is 12.5 Å². The van der Waals surface area contributed by atoms with E-state index in [1.165, 1.54) is 12.1 Å². The van der Waals surface area contributed by atoms with Crippen molar-refractivity contribution in [3.05, 3.63) is 35.6 Å². The highest BCUT2D eigenvalue weighted by Crippen LogP contribution is 2.23. The molecule has 1 aliphatic rings. The Balaban J connectivity index is 1.86. The van der Waals surface area contributed by atoms with Gasteiger partial charge in [-0.25, -0.2) is 4.39 Å². The maximum absolute atomic E-state index is 12.7. The van der Waals surface area contributed by atoms with Gasteiger partial charge in [0.1, 0.15) is 5.82 Å². The molecule has 0 saturated heterocycles. The summed E-state index contributed by atoms with van der Waals surface area (Å²) in [4.78, 5) is 11.4. The van der Waals surface area contributed by atoms with Crippen molar-refractivity contribution in [2.75, 3.05) is 6.54 Å². The summed E-state index contributed by atoms with van der Waals surface area (Å²) in [5.74, 6) is 5.37. The average molecular weight is 274 g/mol. The molecule has 2 atom stereocenters. The fraction of sp³-hybridized carbons (Fsp3) is 0.438. The molecule has 0 bridgehead atoms. The van der Waals surface area contributed by atoms with Gasteiger partial charge in [0, 0.05) is 11.6 Å². The Kier molecular flexibility index (Phi) is 5.14. The Labute approximate surface area is 118 Å². The van der Waals surface area contributed by atoms with Gasteiger partial charge < -0.3 is 11.1 Å². The molecule has 0 aromatic heterocycles. The number of halogens is 1. The first-order valence-corrected chi connectivity index (χ1v) is 6.94. The minimum atomic E-state index is -0.264. The third-order valence-electron chi connectivity index (χ3n) is 3.66. The molecule has 0 aliphatic heterocycles. The molecule has 0 radical (unpaired) electrons. The number of hydrogen-bond acceptors (Lipinski definition) is 2. The first kappa shape index (κ1) is 14.5. The lowest BCUT2D eigenvalue weighted by Crippen LogP contribution is -2.44. The van der Waals surface area contributed by atoms with Crippen LogP contribution in [0.25, 0.3) is 0 Å². The molecule has 4 heteroatoms. The lowest BCUT2D eigenvalue weighted by atomic mass is 9.84. The van der Waals surface area contributed by atoms with Gasteiger partial charge in [-0.2, -0.15) is 0 Å². The van der Waals surface area contributed by atoms with Crippen LogP contribution >= 0.6 is 0 Å². The van der Waals surface area contributed by atoms with Crippen LogP contribution in [0.15, 0.2) is 24.3 Å². The van der Waals surface area contributed by atoms with Gasteiger partial charge in [-0.3, -0.25) is 4.79 Å². The van der Waals surface area contributed by atoms with Crippen LogP contribution in [0, 0.1) is 23.6 Å². The number of carbonyl (C=O) groups excluding carboxylic acids is 1. The van der Waals surface area contributed by atoms with Gasteiger partial charge in [-0.05, 0) is 37.1 Å². The minimum absolute atomic E-state index is 0.0867. The minimum Gasteiger partial charge on any atom is -0.369 e. The molecule has 20 heavy (non-hydrogen) atoms. The van der Waals surface area contributed by atoms with Gasteiger partial charge in [0.15, 0.2) is 0 Å². The Bertz CT molecular complexity index is 516. The van der Waals surface area contributed by atoms with E-state index in [0.717, 1.165) is 31.2 Å². The van der Waals surface area contributed by atoms with E-state index in [0.29, 0.717) is 6.54 Å². The number of hydrogen-bond donors (Lipinski definition) is 2. The topological polar surface area (TPSA) is 55.1 Å². The number of benzene rings is 1. The molecule has 1 aliphatic carbocycles. The van der Waals surface area contributed by atoms with Crippen LogP contribution in [0.5, 0.6) is 0 Å². The van der Waals surface area contributed by atoms with Crippen molar-refractivity contribution in [1.82, 2.24) is 5.32 Å². The van der Waals surface area contributed by atoms with E-state index < -0.39 is 0 Å². The molecule has 1 fully saturated rings. The maximum Gasteiger partial charge on any atom is 0.222 e. The second-order valence-electron chi connectivity index (χ2n) is 5.09. The zero-order valence-corrected chi connectivity index (χ0v) is 11.4. The zero-order chi connectivity index (χ0) is 14.4. The lowest BCUT2D eigenvalue weighted by molar-refractivity contribution is -0.123. The van der Waals surface area contributed by atoms with Crippen LogP contribution in [0.2, 0.25) is 0 Å². The molecule has 0 unspecified atom stereocenters. The molecular formula is C16H19FN2O. The van der Waals surface area contributed by atoms with Crippen LogP contribution < -0.4 is 11.1 Å². The first-order chi connectivity index (χ1) is 9.66. The van der Waals surface area contributed by atoms with Gasteiger partial charge in [-0.15, -0.1) is 0 Å². The van der Waals surface area contributed by atoms with E-state index in [2.05, 4.69) is 17.2 Å². The summed E-state index contributed by atoms with van der Waals surface area (Å²) in [6.07, 6.45) is 4.00. The number of nitrogens with two attached hydrogens (primary N) is 1. The highest BCUT2D eigenvalue weighted by molar-refractivity contribution is 5.77. The van der Waals surface area contributed by atoms with Crippen molar-refractivity contribution in [2.24, 2.45) is 11.7 Å². The fourth-order valence-electron chi connectivity index (χ4n) is 2.58. The summed E-state index contributed by atoms with van der Waals surface area (Å²) in [5.41, 5.74) is 6.20. The second-order valence-corrected chi connectivity index (χ2v) is 5.09. The largest absolute Gasteiger partial charge is 0.369 e. The van der Waals surface area contributed by atoms with E-state index in [-0.39, 0.29) is 23.7 Å². The molecule has 106 valence electrons. The molecule has 1 saturated carbocycles. The van der Waals surface area contributed by atoms with Gasteiger partial charge in [-0.1, -0.05) is 24.7 Å². The van der Waals surface area contributed by atoms with Crippen LogP contribution in [-0.2, 0) is 4.79 Å². The van der Waals surface area contributed by atoms with Crippen LogP contribution in [0.3, 0.4) is 0 Å². The Morgan fingerprint density at radius 2 is 2.00 bits per heavy atom. The molecule has 3 nitrogen and oxygen atoms in total. The summed E-state index contributed by atoms with van der Waals surface area (Å²) in [7, 11) is 0. The average Bonchev–Trinajstić information content (AvgIpc) is 2.46. The smallest absolute Gasteiger partial charge is 0.222 e. The van der Waals surface area contributed by atoms with Crippen molar-refractivity contribution < 1.29 is 9.18 Å². The Morgan fingerprint density at radius 3 is 2.70 bits per heavy atom. The number of amides is 1. The molecule has 0 heterocycles. The molecule has 1 aromatic carbocycles. The summed E-state index contributed by atoms with van der Waals surface area (Å²) < 4.78 is 12.7. The van der Waals surface area contributed by atoms with E-state index in [1.54, 1.807) is 12.1 Å². The molecule has 0 spiro atoms. The van der Waals surface area contributed by atoms with E-state index >= 15 is 0 Å². The predicted molar refractivity (Wildman–Crippen MR) is 76.2 cm³/mol. The molecule has 3 N–H and O–H groups in total. The summed E-state index contributed by atoms with van der Waals surface area (Å²) in [6.45, 7) is 0.506. The Morgan fingerprint density at radius 1 is 1.30 bits per heavy atom. The van der Waals surface area contributed by atoms with E-state index in [4.69, 9.17) is 5.73 Å². The van der Waals surface area contributed by atoms with E-state index in [9.17, 15) is 9.18 Å². The maximum atomic E-state index is 12.7. The number of carbonyl (C=O) groups is 1. The van der Waals surface area contributed by atoms with Crippen molar-refractivity contribution in [3.8, 4) is 11.8 Å².